The second kappa shape index (κ2) is 3.03. The average molecular weight is 196 g/mol. The molecule has 2 aliphatic heterocycles. The molecule has 2 atom stereocenters. The smallest absolute Gasteiger partial charge is 0.259 e. The van der Waals surface area contributed by atoms with Crippen molar-refractivity contribution in [2.45, 2.75) is 11.8 Å². The van der Waals surface area contributed by atoms with Gasteiger partial charge in [-0.1, -0.05) is 0 Å². The van der Waals surface area contributed by atoms with E-state index in [9.17, 15) is 4.79 Å². The van der Waals surface area contributed by atoms with Crippen LogP contribution in [0.1, 0.15) is 0 Å². The SMILES string of the molecule is CNCC12N=CNC1=NC(N)NC2=O. The number of amides is 1. The zero-order valence-corrected chi connectivity index (χ0v) is 7.74. The van der Waals surface area contributed by atoms with Crippen molar-refractivity contribution in [3.8, 4) is 0 Å². The van der Waals surface area contributed by atoms with Gasteiger partial charge in [0.05, 0.1) is 6.34 Å². The predicted molar refractivity (Wildman–Crippen MR) is 51.8 cm³/mol. The number of carbonyl (C=O) groups is 1. The fraction of sp³-hybridized carbons (Fsp3) is 0.571. The molecule has 0 radical (unpaired) electrons. The summed E-state index contributed by atoms with van der Waals surface area (Å²) in [6, 6.07) is 0. The van der Waals surface area contributed by atoms with Crippen LogP contribution in [0.4, 0.5) is 0 Å². The largest absolute Gasteiger partial charge is 0.333 e. The van der Waals surface area contributed by atoms with Crippen LogP contribution < -0.4 is 21.7 Å². The molecule has 7 nitrogen and oxygen atoms in total. The quantitative estimate of drug-likeness (QED) is 0.387. The van der Waals surface area contributed by atoms with Gasteiger partial charge in [0, 0.05) is 6.54 Å². The van der Waals surface area contributed by atoms with E-state index < -0.39 is 11.8 Å². The number of hydrogen-bond donors (Lipinski definition) is 4. The number of nitrogens with two attached hydrogens (primary N) is 1. The van der Waals surface area contributed by atoms with Gasteiger partial charge in [-0.25, -0.2) is 9.98 Å². The molecule has 76 valence electrons. The van der Waals surface area contributed by atoms with E-state index >= 15 is 0 Å². The molecule has 2 rings (SSSR count). The molecule has 0 spiro atoms. The number of amidine groups is 1. The maximum Gasteiger partial charge on any atom is 0.259 e. The lowest BCUT2D eigenvalue weighted by Gasteiger charge is -2.30. The summed E-state index contributed by atoms with van der Waals surface area (Å²) in [5.74, 6) is 0.272. The summed E-state index contributed by atoms with van der Waals surface area (Å²) in [5, 5.41) is 8.26. The molecular formula is C7H12N6O. The van der Waals surface area contributed by atoms with Gasteiger partial charge in [0.1, 0.15) is 5.84 Å². The molecule has 0 saturated carbocycles. The monoisotopic (exact) mass is 196 g/mol. The van der Waals surface area contributed by atoms with Crippen molar-refractivity contribution in [3.63, 3.8) is 0 Å². The Morgan fingerprint density at radius 1 is 1.79 bits per heavy atom. The Bertz CT molecular complexity index is 324. The summed E-state index contributed by atoms with van der Waals surface area (Å²) in [6.45, 7) is 0.397. The number of rotatable bonds is 2. The van der Waals surface area contributed by atoms with Crippen LogP contribution in [0.5, 0.6) is 0 Å². The first-order chi connectivity index (χ1) is 6.69. The van der Waals surface area contributed by atoms with Crippen LogP contribution >= 0.6 is 0 Å². The van der Waals surface area contributed by atoms with Crippen molar-refractivity contribution in [3.05, 3.63) is 0 Å². The zero-order valence-electron chi connectivity index (χ0n) is 7.74. The number of nitrogens with one attached hydrogen (secondary N) is 3. The first kappa shape index (κ1) is 9.10. The van der Waals surface area contributed by atoms with E-state index in [1.54, 1.807) is 7.05 Å². The highest BCUT2D eigenvalue weighted by molar-refractivity contribution is 6.20. The maximum atomic E-state index is 11.7. The summed E-state index contributed by atoms with van der Waals surface area (Å²) >= 11 is 0. The van der Waals surface area contributed by atoms with E-state index in [4.69, 9.17) is 5.73 Å². The number of aliphatic imine (C=N–C) groups is 2. The lowest BCUT2D eigenvalue weighted by Crippen LogP contribution is -2.64. The van der Waals surface area contributed by atoms with Gasteiger partial charge in [-0.2, -0.15) is 0 Å². The maximum absolute atomic E-state index is 11.7. The molecule has 2 aliphatic rings. The summed E-state index contributed by atoms with van der Waals surface area (Å²) in [5.41, 5.74) is 4.55. The molecule has 7 heteroatoms. The highest BCUT2D eigenvalue weighted by atomic mass is 16.2. The van der Waals surface area contributed by atoms with Gasteiger partial charge < -0.3 is 16.0 Å². The van der Waals surface area contributed by atoms with Gasteiger partial charge in [-0.3, -0.25) is 10.5 Å². The fourth-order valence-corrected chi connectivity index (χ4v) is 1.58. The number of nitrogens with zero attached hydrogens (tertiary/aromatic N) is 2. The van der Waals surface area contributed by atoms with Crippen LogP contribution in [0, 0.1) is 0 Å². The molecule has 0 saturated heterocycles. The zero-order chi connectivity index (χ0) is 10.2. The van der Waals surface area contributed by atoms with Gasteiger partial charge >= 0.3 is 0 Å². The molecule has 5 N–H and O–H groups in total. The molecular weight excluding hydrogens is 184 g/mol. The third-order valence-corrected chi connectivity index (χ3v) is 2.23. The van der Waals surface area contributed by atoms with Gasteiger partial charge in [-0.15, -0.1) is 0 Å². The number of carbonyl (C=O) groups excluding carboxylic acids is 1. The molecule has 2 unspecified atom stereocenters. The van der Waals surface area contributed by atoms with E-state index in [2.05, 4.69) is 25.9 Å². The van der Waals surface area contributed by atoms with Crippen LogP contribution in [0.25, 0.3) is 0 Å². The van der Waals surface area contributed by atoms with Crippen molar-refractivity contribution in [2.75, 3.05) is 13.6 Å². The van der Waals surface area contributed by atoms with E-state index in [0.717, 1.165) is 0 Å². The highest BCUT2D eigenvalue weighted by Crippen LogP contribution is 2.18. The average Bonchev–Trinajstić information content (AvgIpc) is 2.50. The minimum atomic E-state index is -0.954. The topological polar surface area (TPSA) is 104 Å². The first-order valence-electron chi connectivity index (χ1n) is 4.29. The van der Waals surface area contributed by atoms with Crippen LogP contribution in [-0.2, 0) is 4.79 Å². The first-order valence-corrected chi connectivity index (χ1v) is 4.29. The molecule has 0 bridgehead atoms. The molecule has 0 aliphatic carbocycles. The standard InChI is InChI=1S/C7H12N6O/c1-9-2-7-4(10-3-11-7)12-6(8)13-5(7)14/h3,6,9H,2,8H2,1H3,(H,13,14)(H,10,11,12). The van der Waals surface area contributed by atoms with Gasteiger partial charge in [-0.05, 0) is 7.05 Å². The van der Waals surface area contributed by atoms with E-state index in [-0.39, 0.29) is 5.91 Å². The van der Waals surface area contributed by atoms with Crippen LogP contribution in [0.15, 0.2) is 9.98 Å². The van der Waals surface area contributed by atoms with Crippen molar-refractivity contribution in [1.82, 2.24) is 16.0 Å². The molecule has 0 aromatic rings. The Morgan fingerprint density at radius 3 is 3.29 bits per heavy atom. The Balaban J connectivity index is 2.39. The molecule has 0 fully saturated rings. The molecule has 0 aromatic heterocycles. The Hall–Kier alpha value is -1.47. The third-order valence-electron chi connectivity index (χ3n) is 2.23. The van der Waals surface area contributed by atoms with Crippen LogP contribution in [-0.4, -0.2) is 43.5 Å². The molecule has 0 aromatic carbocycles. The van der Waals surface area contributed by atoms with Crippen molar-refractivity contribution in [1.29, 1.82) is 0 Å². The van der Waals surface area contributed by atoms with Gasteiger partial charge in [0.2, 0.25) is 5.54 Å². The summed E-state index contributed by atoms with van der Waals surface area (Å²) < 4.78 is 0. The second-order valence-electron chi connectivity index (χ2n) is 3.19. The number of hydrogen-bond acceptors (Lipinski definition) is 6. The minimum absolute atomic E-state index is 0.231. The van der Waals surface area contributed by atoms with Crippen LogP contribution in [0.3, 0.4) is 0 Å². The van der Waals surface area contributed by atoms with E-state index in [1.165, 1.54) is 6.34 Å². The number of likely N-dealkylation sites (N-methyl/N-ethyl adjacent to an activating group) is 1. The minimum Gasteiger partial charge on any atom is -0.333 e. The fourth-order valence-electron chi connectivity index (χ4n) is 1.58. The second-order valence-corrected chi connectivity index (χ2v) is 3.19. The Labute approximate surface area is 80.9 Å². The molecule has 2 heterocycles. The third kappa shape index (κ3) is 1.10. The van der Waals surface area contributed by atoms with Crippen molar-refractivity contribution >= 4 is 18.1 Å². The molecule has 1 amide bonds. The summed E-state index contributed by atoms with van der Waals surface area (Å²) in [7, 11) is 1.75. The lowest BCUT2D eigenvalue weighted by molar-refractivity contribution is -0.125. The van der Waals surface area contributed by atoms with Crippen molar-refractivity contribution in [2.24, 2.45) is 15.7 Å². The molecule has 14 heavy (non-hydrogen) atoms. The predicted octanol–water partition coefficient (Wildman–Crippen LogP) is -2.65. The summed E-state index contributed by atoms with van der Waals surface area (Å²) in [4.78, 5) is 19.9. The highest BCUT2D eigenvalue weighted by Gasteiger charge is 2.48. The Kier molecular flexibility index (Phi) is 1.97. The van der Waals surface area contributed by atoms with Gasteiger partial charge in [0.25, 0.3) is 5.91 Å². The van der Waals surface area contributed by atoms with Gasteiger partial charge in [0.15, 0.2) is 6.29 Å². The Morgan fingerprint density at radius 2 is 2.57 bits per heavy atom. The summed E-state index contributed by atoms with van der Waals surface area (Å²) in [6.07, 6.45) is 0.782. The van der Waals surface area contributed by atoms with Crippen LogP contribution in [0.2, 0.25) is 0 Å². The van der Waals surface area contributed by atoms with E-state index in [1.807, 2.05) is 0 Å². The number of fused-ring (bicyclic) bond motifs is 1. The lowest BCUT2D eigenvalue weighted by atomic mass is 9.97. The van der Waals surface area contributed by atoms with E-state index in [0.29, 0.717) is 12.4 Å². The van der Waals surface area contributed by atoms with Crippen molar-refractivity contribution < 1.29 is 4.79 Å². The normalized spacial score (nSPS) is 34.6.